The first-order chi connectivity index (χ1) is 10.8. The lowest BCUT2D eigenvalue weighted by Crippen LogP contribution is -2.34. The van der Waals surface area contributed by atoms with E-state index in [4.69, 9.17) is 4.74 Å². The summed E-state index contributed by atoms with van der Waals surface area (Å²) in [6.07, 6.45) is 3.82. The predicted octanol–water partition coefficient (Wildman–Crippen LogP) is 3.11. The minimum absolute atomic E-state index is 0.0162. The third-order valence-electron chi connectivity index (χ3n) is 3.96. The Hall–Kier alpha value is -1.59. The molecule has 2 aromatic rings. The first kappa shape index (κ1) is 15.3. The molecule has 0 atom stereocenters. The van der Waals surface area contributed by atoms with Gasteiger partial charge in [0, 0.05) is 12.2 Å². The summed E-state index contributed by atoms with van der Waals surface area (Å²) in [6, 6.07) is 12.1. The highest BCUT2D eigenvalue weighted by atomic mass is 79.9. The maximum atomic E-state index is 12.5. The second-order valence-corrected chi connectivity index (χ2v) is 6.25. The molecule has 4 nitrogen and oxygen atoms in total. The Kier molecular flexibility index (Phi) is 4.95. The highest BCUT2D eigenvalue weighted by Gasteiger charge is 2.18. The van der Waals surface area contributed by atoms with Gasteiger partial charge in [-0.1, -0.05) is 30.3 Å². The first-order valence-corrected chi connectivity index (χ1v) is 8.33. The molecule has 3 rings (SSSR count). The van der Waals surface area contributed by atoms with Crippen LogP contribution in [0.2, 0.25) is 0 Å². The summed E-state index contributed by atoms with van der Waals surface area (Å²) in [5.74, 6) is 0.596. The zero-order valence-electron chi connectivity index (χ0n) is 12.3. The van der Waals surface area contributed by atoms with Crippen LogP contribution in [0.5, 0.6) is 5.75 Å². The summed E-state index contributed by atoms with van der Waals surface area (Å²) < 4.78 is 8.10. The molecule has 0 bridgehead atoms. The van der Waals surface area contributed by atoms with Gasteiger partial charge in [0.25, 0.3) is 5.56 Å². The number of ether oxygens (including phenoxy) is 1. The van der Waals surface area contributed by atoms with E-state index in [0.29, 0.717) is 16.8 Å². The largest absolute Gasteiger partial charge is 0.487 e. The summed E-state index contributed by atoms with van der Waals surface area (Å²) in [6.45, 7) is 2.37. The Balaban J connectivity index is 1.76. The molecule has 1 aliphatic rings. The van der Waals surface area contributed by atoms with Crippen molar-refractivity contribution < 1.29 is 4.74 Å². The van der Waals surface area contributed by atoms with E-state index in [1.54, 1.807) is 0 Å². The van der Waals surface area contributed by atoms with Gasteiger partial charge in [-0.25, -0.2) is 0 Å². The van der Waals surface area contributed by atoms with Gasteiger partial charge in [0.2, 0.25) is 0 Å². The van der Waals surface area contributed by atoms with Crippen molar-refractivity contribution in [3.8, 4) is 5.75 Å². The molecule has 1 N–H and O–H groups in total. The van der Waals surface area contributed by atoms with Gasteiger partial charge in [0.15, 0.2) is 0 Å². The number of benzene rings is 1. The lowest BCUT2D eigenvalue weighted by Gasteiger charge is -2.25. The number of halogens is 1. The molecule has 1 aromatic carbocycles. The van der Waals surface area contributed by atoms with E-state index < -0.39 is 0 Å². The molecule has 0 saturated carbocycles. The van der Waals surface area contributed by atoms with Gasteiger partial charge in [0.1, 0.15) is 16.8 Å². The van der Waals surface area contributed by atoms with Crippen molar-refractivity contribution in [1.29, 1.82) is 0 Å². The maximum absolute atomic E-state index is 12.5. The number of hydrogen-bond donors (Lipinski definition) is 1. The number of pyridine rings is 1. The molecule has 0 aliphatic carbocycles. The van der Waals surface area contributed by atoms with Crippen LogP contribution in [0.25, 0.3) is 0 Å². The smallest absolute Gasteiger partial charge is 0.268 e. The van der Waals surface area contributed by atoms with Crippen molar-refractivity contribution >= 4 is 15.9 Å². The van der Waals surface area contributed by atoms with Crippen LogP contribution >= 0.6 is 15.9 Å². The lowest BCUT2D eigenvalue weighted by atomic mass is 10.1. The molecule has 1 aliphatic heterocycles. The van der Waals surface area contributed by atoms with Crippen LogP contribution in [0, 0.1) is 0 Å². The van der Waals surface area contributed by atoms with E-state index >= 15 is 0 Å². The van der Waals surface area contributed by atoms with Gasteiger partial charge >= 0.3 is 0 Å². The number of hydrogen-bond acceptors (Lipinski definition) is 3. The van der Waals surface area contributed by atoms with Crippen molar-refractivity contribution in [2.24, 2.45) is 0 Å². The maximum Gasteiger partial charge on any atom is 0.268 e. The van der Waals surface area contributed by atoms with Crippen molar-refractivity contribution in [3.63, 3.8) is 0 Å². The first-order valence-electron chi connectivity index (χ1n) is 7.54. The van der Waals surface area contributed by atoms with Gasteiger partial charge in [-0.3, -0.25) is 4.79 Å². The third kappa shape index (κ3) is 3.42. The molecule has 0 unspecified atom stereocenters. The minimum atomic E-state index is -0.0162. The van der Waals surface area contributed by atoms with Gasteiger partial charge in [-0.05, 0) is 53.5 Å². The van der Waals surface area contributed by atoms with Crippen LogP contribution in [0.4, 0.5) is 0 Å². The van der Waals surface area contributed by atoms with Gasteiger partial charge in [-0.15, -0.1) is 0 Å². The molecule has 22 heavy (non-hydrogen) atoms. The SMILES string of the molecule is O=c1c(Br)c(OCc2ccccc2)ccn1C1CCNCC1. The standard InChI is InChI=1S/C17H19BrN2O2/c18-16-15(22-12-13-4-2-1-3-5-13)8-11-20(17(16)21)14-6-9-19-10-7-14/h1-5,8,11,14,19H,6-7,9-10,12H2. The second kappa shape index (κ2) is 7.11. The van der Waals surface area contributed by atoms with Crippen molar-refractivity contribution in [2.45, 2.75) is 25.5 Å². The van der Waals surface area contributed by atoms with E-state index in [9.17, 15) is 4.79 Å². The topological polar surface area (TPSA) is 43.3 Å². The van der Waals surface area contributed by atoms with Crippen LogP contribution in [-0.4, -0.2) is 17.7 Å². The molecule has 0 spiro atoms. The molecule has 1 aromatic heterocycles. The van der Waals surface area contributed by atoms with E-state index in [2.05, 4.69) is 21.2 Å². The Bertz CT molecular complexity index is 679. The summed E-state index contributed by atoms with van der Waals surface area (Å²) in [4.78, 5) is 12.5. The second-order valence-electron chi connectivity index (χ2n) is 5.46. The molecular formula is C17H19BrN2O2. The zero-order chi connectivity index (χ0) is 15.4. The fourth-order valence-corrected chi connectivity index (χ4v) is 3.18. The van der Waals surface area contributed by atoms with Crippen LogP contribution in [-0.2, 0) is 6.61 Å². The molecule has 2 heterocycles. The summed E-state index contributed by atoms with van der Waals surface area (Å²) in [5.41, 5.74) is 1.06. The van der Waals surface area contributed by atoms with Crippen LogP contribution in [0.3, 0.4) is 0 Å². The van der Waals surface area contributed by atoms with E-state index in [1.165, 1.54) is 0 Å². The van der Waals surface area contributed by atoms with E-state index in [-0.39, 0.29) is 11.6 Å². The average molecular weight is 363 g/mol. The molecule has 116 valence electrons. The Morgan fingerprint density at radius 1 is 1.18 bits per heavy atom. The average Bonchev–Trinajstić information content (AvgIpc) is 2.58. The molecule has 0 radical (unpaired) electrons. The Morgan fingerprint density at radius 2 is 1.91 bits per heavy atom. The molecular weight excluding hydrogens is 344 g/mol. The predicted molar refractivity (Wildman–Crippen MR) is 90.3 cm³/mol. The van der Waals surface area contributed by atoms with Gasteiger partial charge in [0.05, 0.1) is 0 Å². The molecule has 1 fully saturated rings. The van der Waals surface area contributed by atoms with Crippen LogP contribution in [0.1, 0.15) is 24.4 Å². The van der Waals surface area contributed by atoms with Crippen LogP contribution < -0.4 is 15.6 Å². The minimum Gasteiger partial charge on any atom is -0.487 e. The van der Waals surface area contributed by atoms with Gasteiger partial charge < -0.3 is 14.6 Å². The number of nitrogens with zero attached hydrogens (tertiary/aromatic N) is 1. The Labute approximate surface area is 138 Å². The molecule has 1 saturated heterocycles. The highest BCUT2D eigenvalue weighted by Crippen LogP contribution is 2.24. The summed E-state index contributed by atoms with van der Waals surface area (Å²) in [7, 11) is 0. The normalized spacial score (nSPS) is 15.7. The number of aromatic nitrogens is 1. The fraction of sp³-hybridized carbons (Fsp3) is 0.353. The van der Waals surface area contributed by atoms with E-state index in [1.807, 2.05) is 47.2 Å². The molecule has 5 heteroatoms. The number of nitrogens with one attached hydrogen (secondary N) is 1. The zero-order valence-corrected chi connectivity index (χ0v) is 13.9. The number of rotatable bonds is 4. The quantitative estimate of drug-likeness (QED) is 0.908. The number of piperidine rings is 1. The fourth-order valence-electron chi connectivity index (χ4n) is 2.73. The third-order valence-corrected chi connectivity index (χ3v) is 4.69. The Morgan fingerprint density at radius 3 is 2.64 bits per heavy atom. The van der Waals surface area contributed by atoms with Crippen molar-refractivity contribution in [2.75, 3.05) is 13.1 Å². The lowest BCUT2D eigenvalue weighted by molar-refractivity contribution is 0.300. The van der Waals surface area contributed by atoms with Crippen molar-refractivity contribution in [3.05, 3.63) is 63.0 Å². The summed E-state index contributed by atoms with van der Waals surface area (Å²) in [5, 5.41) is 3.32. The van der Waals surface area contributed by atoms with Crippen molar-refractivity contribution in [1.82, 2.24) is 9.88 Å². The highest BCUT2D eigenvalue weighted by molar-refractivity contribution is 9.10. The molecule has 0 amide bonds. The van der Waals surface area contributed by atoms with Crippen LogP contribution in [0.15, 0.2) is 51.9 Å². The summed E-state index contributed by atoms with van der Waals surface area (Å²) >= 11 is 3.40. The monoisotopic (exact) mass is 362 g/mol. The van der Waals surface area contributed by atoms with Gasteiger partial charge in [-0.2, -0.15) is 0 Å². The van der Waals surface area contributed by atoms with E-state index in [0.717, 1.165) is 31.5 Å².